The lowest BCUT2D eigenvalue weighted by atomic mass is 10.2. The topological polar surface area (TPSA) is 64.2 Å². The van der Waals surface area contributed by atoms with Crippen LogP contribution in [0.15, 0.2) is 6.20 Å². The van der Waals surface area contributed by atoms with Gasteiger partial charge in [0.05, 0.1) is 0 Å². The third kappa shape index (κ3) is 2.82. The van der Waals surface area contributed by atoms with Crippen molar-refractivity contribution in [2.75, 3.05) is 12.3 Å². The second-order valence-corrected chi connectivity index (χ2v) is 4.68. The molecule has 2 N–H and O–H groups in total. The van der Waals surface area contributed by atoms with Gasteiger partial charge in [0.2, 0.25) is 5.91 Å². The van der Waals surface area contributed by atoms with Crippen LogP contribution in [0.25, 0.3) is 0 Å². The van der Waals surface area contributed by atoms with Gasteiger partial charge in [-0.05, 0) is 19.8 Å². The van der Waals surface area contributed by atoms with Crippen LogP contribution in [0.1, 0.15) is 18.4 Å². The fourth-order valence-corrected chi connectivity index (χ4v) is 2.25. The Bertz CT molecular complexity index is 463. The molecule has 0 aliphatic carbocycles. The number of anilines is 1. The normalized spacial score (nSPS) is 20.0. The number of halogens is 3. The number of nitrogen functional groups attached to an aromatic ring is 1. The molecule has 8 heteroatoms. The summed E-state index contributed by atoms with van der Waals surface area (Å²) in [5, 5.41) is 3.87. The highest BCUT2D eigenvalue weighted by atomic mass is 19.4. The zero-order chi connectivity index (χ0) is 14.2. The van der Waals surface area contributed by atoms with Crippen LogP contribution in [0.2, 0.25) is 0 Å². The molecule has 1 aromatic heterocycles. The summed E-state index contributed by atoms with van der Waals surface area (Å²) in [6.07, 6.45) is -2.48. The number of alkyl halides is 3. The maximum atomic E-state index is 12.7. The molecule has 2 rings (SSSR count). The lowest BCUT2D eigenvalue weighted by Crippen LogP contribution is -2.45. The summed E-state index contributed by atoms with van der Waals surface area (Å²) in [5.74, 6) is -0.302. The number of likely N-dealkylation sites (tertiary alicyclic amines) is 1. The van der Waals surface area contributed by atoms with E-state index in [0.717, 1.165) is 4.90 Å². The van der Waals surface area contributed by atoms with Crippen LogP contribution in [-0.2, 0) is 11.3 Å². The number of rotatable bonds is 2. The van der Waals surface area contributed by atoms with Crippen molar-refractivity contribution in [3.05, 3.63) is 11.8 Å². The van der Waals surface area contributed by atoms with Crippen LogP contribution in [0.4, 0.5) is 19.0 Å². The van der Waals surface area contributed by atoms with Gasteiger partial charge in [-0.3, -0.25) is 9.48 Å². The molecule has 0 spiro atoms. The third-order valence-corrected chi connectivity index (χ3v) is 3.23. The van der Waals surface area contributed by atoms with E-state index in [1.54, 1.807) is 13.1 Å². The van der Waals surface area contributed by atoms with Crippen molar-refractivity contribution in [2.24, 2.45) is 0 Å². The summed E-state index contributed by atoms with van der Waals surface area (Å²) in [5.41, 5.74) is 6.23. The van der Waals surface area contributed by atoms with Crippen molar-refractivity contribution >= 4 is 11.7 Å². The molecule has 1 atom stereocenters. The molecule has 19 heavy (non-hydrogen) atoms. The van der Waals surface area contributed by atoms with Gasteiger partial charge in [-0.15, -0.1) is 0 Å². The van der Waals surface area contributed by atoms with Gasteiger partial charge in [-0.2, -0.15) is 18.3 Å². The largest absolute Gasteiger partial charge is 0.408 e. The summed E-state index contributed by atoms with van der Waals surface area (Å²) < 4.78 is 39.5. The van der Waals surface area contributed by atoms with Crippen molar-refractivity contribution in [1.29, 1.82) is 0 Å². The van der Waals surface area contributed by atoms with E-state index < -0.39 is 18.1 Å². The van der Waals surface area contributed by atoms with E-state index in [0.29, 0.717) is 12.0 Å². The Balaban J connectivity index is 2.07. The molecule has 5 nitrogen and oxygen atoms in total. The molecule has 1 amide bonds. The summed E-state index contributed by atoms with van der Waals surface area (Å²) in [6.45, 7) is 1.64. The minimum Gasteiger partial charge on any atom is -0.382 e. The predicted molar refractivity (Wildman–Crippen MR) is 62.2 cm³/mol. The van der Waals surface area contributed by atoms with Crippen molar-refractivity contribution in [3.8, 4) is 0 Å². The van der Waals surface area contributed by atoms with Gasteiger partial charge in [0.1, 0.15) is 18.4 Å². The number of aryl methyl sites for hydroxylation is 1. The molecule has 1 unspecified atom stereocenters. The van der Waals surface area contributed by atoms with Gasteiger partial charge < -0.3 is 10.6 Å². The maximum Gasteiger partial charge on any atom is 0.408 e. The molecule has 1 aromatic rings. The SMILES string of the molecule is Cc1cn(CC(=O)N2CCCC2C(F)(F)F)nc1N. The van der Waals surface area contributed by atoms with Gasteiger partial charge >= 0.3 is 6.18 Å². The fourth-order valence-electron chi connectivity index (χ4n) is 2.25. The van der Waals surface area contributed by atoms with Crippen LogP contribution in [0.5, 0.6) is 0 Å². The van der Waals surface area contributed by atoms with E-state index >= 15 is 0 Å². The molecule has 0 saturated carbocycles. The fraction of sp³-hybridized carbons (Fsp3) is 0.636. The summed E-state index contributed by atoms with van der Waals surface area (Å²) in [4.78, 5) is 12.8. The Morgan fingerprint density at radius 3 is 2.79 bits per heavy atom. The van der Waals surface area contributed by atoms with Crippen LogP contribution < -0.4 is 5.73 Å². The number of nitrogens with zero attached hydrogens (tertiary/aromatic N) is 3. The summed E-state index contributed by atoms with van der Waals surface area (Å²) in [7, 11) is 0. The van der Waals surface area contributed by atoms with Crippen molar-refractivity contribution in [2.45, 2.75) is 38.5 Å². The molecular formula is C11H15F3N4O. The zero-order valence-electron chi connectivity index (χ0n) is 10.4. The highest BCUT2D eigenvalue weighted by molar-refractivity contribution is 5.76. The Kier molecular flexibility index (Phi) is 3.42. The van der Waals surface area contributed by atoms with Gasteiger partial charge in [-0.25, -0.2) is 0 Å². The summed E-state index contributed by atoms with van der Waals surface area (Å²) >= 11 is 0. The minimum atomic E-state index is -4.37. The Labute approximate surface area is 108 Å². The van der Waals surface area contributed by atoms with E-state index in [-0.39, 0.29) is 25.3 Å². The lowest BCUT2D eigenvalue weighted by molar-refractivity contribution is -0.183. The molecule has 106 valence electrons. The Morgan fingerprint density at radius 2 is 2.26 bits per heavy atom. The number of carbonyl (C=O) groups excluding carboxylic acids is 1. The van der Waals surface area contributed by atoms with Gasteiger partial charge in [0.15, 0.2) is 0 Å². The number of nitrogens with two attached hydrogens (primary N) is 1. The molecule has 1 saturated heterocycles. The van der Waals surface area contributed by atoms with Gasteiger partial charge in [0.25, 0.3) is 0 Å². The van der Waals surface area contributed by atoms with Crippen LogP contribution >= 0.6 is 0 Å². The number of carbonyl (C=O) groups is 1. The van der Waals surface area contributed by atoms with Gasteiger partial charge in [-0.1, -0.05) is 0 Å². The third-order valence-electron chi connectivity index (χ3n) is 3.23. The molecule has 0 aromatic carbocycles. The molecule has 1 aliphatic heterocycles. The average Bonchev–Trinajstić information content (AvgIpc) is 2.86. The second-order valence-electron chi connectivity index (χ2n) is 4.68. The highest BCUT2D eigenvalue weighted by Crippen LogP contribution is 2.32. The first-order valence-corrected chi connectivity index (χ1v) is 5.94. The lowest BCUT2D eigenvalue weighted by Gasteiger charge is -2.26. The monoisotopic (exact) mass is 276 g/mol. The Hall–Kier alpha value is -1.73. The summed E-state index contributed by atoms with van der Waals surface area (Å²) in [6, 6.07) is -1.67. The van der Waals surface area contributed by atoms with Crippen molar-refractivity contribution < 1.29 is 18.0 Å². The van der Waals surface area contributed by atoms with Crippen LogP contribution in [0, 0.1) is 6.92 Å². The second kappa shape index (κ2) is 4.75. The number of hydrogen-bond donors (Lipinski definition) is 1. The highest BCUT2D eigenvalue weighted by Gasteiger charge is 2.47. The zero-order valence-corrected chi connectivity index (χ0v) is 10.4. The number of amides is 1. The number of aromatic nitrogens is 2. The van der Waals surface area contributed by atoms with E-state index in [1.807, 2.05) is 0 Å². The Morgan fingerprint density at radius 1 is 1.58 bits per heavy atom. The molecule has 0 radical (unpaired) electrons. The average molecular weight is 276 g/mol. The molecule has 0 bridgehead atoms. The molecule has 1 aliphatic rings. The first kappa shape index (κ1) is 13.7. The molecule has 1 fully saturated rings. The van der Waals surface area contributed by atoms with E-state index in [4.69, 9.17) is 5.73 Å². The van der Waals surface area contributed by atoms with Crippen LogP contribution in [-0.4, -0.2) is 39.4 Å². The standard InChI is InChI=1S/C11H15F3N4O/c1-7-5-17(16-10(7)15)6-9(19)18-4-2-3-8(18)11(12,13)14/h5,8H,2-4,6H2,1H3,(H2,15,16). The number of hydrogen-bond acceptors (Lipinski definition) is 3. The minimum absolute atomic E-state index is 0.0322. The smallest absolute Gasteiger partial charge is 0.382 e. The predicted octanol–water partition coefficient (Wildman–Crippen LogP) is 1.33. The first-order chi connectivity index (χ1) is 8.79. The first-order valence-electron chi connectivity index (χ1n) is 5.94. The van der Waals surface area contributed by atoms with E-state index in [1.165, 1.54) is 4.68 Å². The van der Waals surface area contributed by atoms with Crippen molar-refractivity contribution in [3.63, 3.8) is 0 Å². The van der Waals surface area contributed by atoms with Gasteiger partial charge in [0, 0.05) is 18.3 Å². The van der Waals surface area contributed by atoms with Crippen molar-refractivity contribution in [1.82, 2.24) is 14.7 Å². The van der Waals surface area contributed by atoms with E-state index in [2.05, 4.69) is 5.10 Å². The molecule has 2 heterocycles. The molecular weight excluding hydrogens is 261 g/mol. The van der Waals surface area contributed by atoms with E-state index in [9.17, 15) is 18.0 Å². The van der Waals surface area contributed by atoms with Crippen LogP contribution in [0.3, 0.4) is 0 Å². The quantitative estimate of drug-likeness (QED) is 0.886. The maximum absolute atomic E-state index is 12.7.